The number of aliphatic hydroxyl groups is 1. The lowest BCUT2D eigenvalue weighted by atomic mass is 9.94. The fraction of sp³-hybridized carbons (Fsp3) is 0.207. The van der Waals surface area contributed by atoms with Crippen molar-refractivity contribution < 1.29 is 24.2 Å². The smallest absolute Gasteiger partial charge is 0.295 e. The number of amides is 1. The lowest BCUT2D eigenvalue weighted by Crippen LogP contribution is -2.29. The number of aliphatic hydroxyl groups excluding tert-OH is 1. The van der Waals surface area contributed by atoms with Crippen molar-refractivity contribution in [3.8, 4) is 11.5 Å². The SMILES string of the molecule is C=CCOc1ccc(C2/C(=C(\O)c3ccc(OCC)c(C)c3)C(=O)C(=O)N2Cc2cccnc2)cc1. The summed E-state index contributed by atoms with van der Waals surface area (Å²) in [6, 6.07) is 15.1. The van der Waals surface area contributed by atoms with Gasteiger partial charge in [-0.1, -0.05) is 30.9 Å². The van der Waals surface area contributed by atoms with Crippen LogP contribution in [0.1, 0.15) is 35.2 Å². The molecule has 2 heterocycles. The minimum absolute atomic E-state index is 0.0345. The first kappa shape index (κ1) is 24.7. The van der Waals surface area contributed by atoms with E-state index in [1.54, 1.807) is 67.0 Å². The Morgan fingerprint density at radius 2 is 1.92 bits per heavy atom. The van der Waals surface area contributed by atoms with Crippen LogP contribution in [0.2, 0.25) is 0 Å². The Morgan fingerprint density at radius 1 is 1.14 bits per heavy atom. The standard InChI is InChI=1S/C29H28N2O5/c1-4-15-36-23-11-8-21(9-12-23)26-25(27(32)22-10-13-24(35-5-2)19(3)16-22)28(33)29(34)31(26)18-20-7-6-14-30-17-20/h4,6-14,16-17,26,32H,1,5,15,18H2,2-3H3/b27-25+. The number of likely N-dealkylation sites (tertiary alicyclic amines) is 1. The molecule has 2 aromatic carbocycles. The molecule has 0 aliphatic carbocycles. The van der Waals surface area contributed by atoms with Gasteiger partial charge in [0.2, 0.25) is 0 Å². The van der Waals surface area contributed by atoms with Crippen molar-refractivity contribution in [2.45, 2.75) is 26.4 Å². The largest absolute Gasteiger partial charge is 0.507 e. The van der Waals surface area contributed by atoms with Crippen molar-refractivity contribution >= 4 is 17.4 Å². The summed E-state index contributed by atoms with van der Waals surface area (Å²) in [5, 5.41) is 11.3. The lowest BCUT2D eigenvalue weighted by Gasteiger charge is -2.25. The first-order valence-corrected chi connectivity index (χ1v) is 11.7. The van der Waals surface area contributed by atoms with Crippen LogP contribution in [0, 0.1) is 6.92 Å². The number of Topliss-reactive ketones (excluding diaryl/α,β-unsaturated/α-hetero) is 1. The van der Waals surface area contributed by atoms with Crippen molar-refractivity contribution in [1.29, 1.82) is 0 Å². The molecule has 0 bridgehead atoms. The average molecular weight is 485 g/mol. The average Bonchev–Trinajstić information content (AvgIpc) is 3.14. The van der Waals surface area contributed by atoms with E-state index < -0.39 is 17.7 Å². The molecule has 1 unspecified atom stereocenters. The molecule has 3 aromatic rings. The second-order valence-corrected chi connectivity index (χ2v) is 8.37. The first-order chi connectivity index (χ1) is 17.4. The van der Waals surface area contributed by atoms with E-state index in [0.717, 1.165) is 11.1 Å². The molecule has 1 aliphatic rings. The van der Waals surface area contributed by atoms with Gasteiger partial charge in [0, 0.05) is 24.5 Å². The van der Waals surface area contributed by atoms with Gasteiger partial charge >= 0.3 is 0 Å². The predicted octanol–water partition coefficient (Wildman–Crippen LogP) is 4.98. The maximum absolute atomic E-state index is 13.3. The van der Waals surface area contributed by atoms with Gasteiger partial charge < -0.3 is 19.5 Å². The molecular weight excluding hydrogens is 456 g/mol. The summed E-state index contributed by atoms with van der Waals surface area (Å²) in [6.45, 7) is 8.44. The predicted molar refractivity (Wildman–Crippen MR) is 137 cm³/mol. The highest BCUT2D eigenvalue weighted by molar-refractivity contribution is 6.46. The normalized spacial score (nSPS) is 16.7. The molecule has 4 rings (SSSR count). The van der Waals surface area contributed by atoms with E-state index in [2.05, 4.69) is 11.6 Å². The van der Waals surface area contributed by atoms with E-state index in [9.17, 15) is 14.7 Å². The fourth-order valence-corrected chi connectivity index (χ4v) is 4.25. The number of ketones is 1. The molecule has 0 saturated carbocycles. The van der Waals surface area contributed by atoms with Crippen molar-refractivity contribution in [1.82, 2.24) is 9.88 Å². The van der Waals surface area contributed by atoms with E-state index in [1.165, 1.54) is 4.90 Å². The highest BCUT2D eigenvalue weighted by Crippen LogP contribution is 2.41. The Morgan fingerprint density at radius 3 is 2.56 bits per heavy atom. The van der Waals surface area contributed by atoms with Gasteiger partial charge in [0.25, 0.3) is 11.7 Å². The number of carbonyl (C=O) groups excluding carboxylic acids is 2. The highest BCUT2D eigenvalue weighted by atomic mass is 16.5. The van der Waals surface area contributed by atoms with Gasteiger partial charge in [-0.25, -0.2) is 0 Å². The zero-order valence-electron chi connectivity index (χ0n) is 20.3. The van der Waals surface area contributed by atoms with E-state index in [0.29, 0.717) is 35.8 Å². The Labute approximate surface area is 210 Å². The summed E-state index contributed by atoms with van der Waals surface area (Å²) in [7, 11) is 0. The molecule has 1 aromatic heterocycles. The number of carbonyl (C=O) groups is 2. The molecule has 184 valence electrons. The van der Waals surface area contributed by atoms with Crippen molar-refractivity contribution in [2.24, 2.45) is 0 Å². The first-order valence-electron chi connectivity index (χ1n) is 11.7. The highest BCUT2D eigenvalue weighted by Gasteiger charge is 2.46. The summed E-state index contributed by atoms with van der Waals surface area (Å²) < 4.78 is 11.2. The molecule has 1 fully saturated rings. The number of aryl methyl sites for hydroxylation is 1. The zero-order valence-corrected chi connectivity index (χ0v) is 20.3. The molecular formula is C29H28N2O5. The number of rotatable bonds is 9. The molecule has 1 atom stereocenters. The minimum Gasteiger partial charge on any atom is -0.507 e. The number of pyridine rings is 1. The lowest BCUT2D eigenvalue weighted by molar-refractivity contribution is -0.140. The van der Waals surface area contributed by atoms with Crippen LogP contribution in [0.4, 0.5) is 0 Å². The molecule has 0 spiro atoms. The van der Waals surface area contributed by atoms with Crippen molar-refractivity contribution in [3.05, 3.63) is 107 Å². The van der Waals surface area contributed by atoms with Crippen LogP contribution in [0.5, 0.6) is 11.5 Å². The number of benzene rings is 2. The second kappa shape index (κ2) is 10.9. The maximum atomic E-state index is 13.3. The Kier molecular flexibility index (Phi) is 7.49. The van der Waals surface area contributed by atoms with E-state index >= 15 is 0 Å². The van der Waals surface area contributed by atoms with E-state index in [4.69, 9.17) is 9.47 Å². The Balaban J connectivity index is 1.80. The molecule has 0 radical (unpaired) electrons. The number of hydrogen-bond acceptors (Lipinski definition) is 6. The van der Waals surface area contributed by atoms with Gasteiger partial charge in [-0.3, -0.25) is 14.6 Å². The van der Waals surface area contributed by atoms with Crippen LogP contribution in [-0.4, -0.2) is 39.9 Å². The van der Waals surface area contributed by atoms with Gasteiger partial charge in [0.15, 0.2) is 0 Å². The quantitative estimate of drug-likeness (QED) is 0.200. The van der Waals surface area contributed by atoms with Gasteiger partial charge in [0.1, 0.15) is 23.9 Å². The minimum atomic E-state index is -0.787. The fourth-order valence-electron chi connectivity index (χ4n) is 4.25. The molecule has 1 N–H and O–H groups in total. The summed E-state index contributed by atoms with van der Waals surface area (Å²) in [4.78, 5) is 32.1. The summed E-state index contributed by atoms with van der Waals surface area (Å²) >= 11 is 0. The topological polar surface area (TPSA) is 89.0 Å². The molecule has 7 heteroatoms. The van der Waals surface area contributed by atoms with Crippen LogP contribution in [0.25, 0.3) is 5.76 Å². The summed E-state index contributed by atoms with van der Waals surface area (Å²) in [5.41, 5.74) is 2.73. The van der Waals surface area contributed by atoms with Crippen molar-refractivity contribution in [2.75, 3.05) is 13.2 Å². The second-order valence-electron chi connectivity index (χ2n) is 8.37. The van der Waals surface area contributed by atoms with Gasteiger partial charge in [-0.15, -0.1) is 0 Å². The molecule has 36 heavy (non-hydrogen) atoms. The molecule has 1 amide bonds. The molecule has 7 nitrogen and oxygen atoms in total. The number of hydrogen-bond donors (Lipinski definition) is 1. The van der Waals surface area contributed by atoms with E-state index in [-0.39, 0.29) is 17.9 Å². The van der Waals surface area contributed by atoms with E-state index in [1.807, 2.05) is 19.9 Å². The Hall–Kier alpha value is -4.39. The van der Waals surface area contributed by atoms with Gasteiger partial charge in [-0.05, 0) is 66.9 Å². The van der Waals surface area contributed by atoms with Crippen LogP contribution < -0.4 is 9.47 Å². The maximum Gasteiger partial charge on any atom is 0.295 e. The molecule has 1 aliphatic heterocycles. The van der Waals surface area contributed by atoms with Crippen LogP contribution >= 0.6 is 0 Å². The third-order valence-electron chi connectivity index (χ3n) is 5.93. The van der Waals surface area contributed by atoms with Crippen LogP contribution in [0.15, 0.2) is 85.2 Å². The summed E-state index contributed by atoms with van der Waals surface area (Å²) in [5.74, 6) is -0.326. The third kappa shape index (κ3) is 5.00. The number of aromatic nitrogens is 1. The zero-order chi connectivity index (χ0) is 25.7. The van der Waals surface area contributed by atoms with Crippen LogP contribution in [-0.2, 0) is 16.1 Å². The summed E-state index contributed by atoms with van der Waals surface area (Å²) in [6.07, 6.45) is 4.94. The van der Waals surface area contributed by atoms with Crippen LogP contribution in [0.3, 0.4) is 0 Å². The monoisotopic (exact) mass is 484 g/mol. The number of nitrogens with zero attached hydrogens (tertiary/aromatic N) is 2. The third-order valence-corrected chi connectivity index (χ3v) is 5.93. The Bertz CT molecular complexity index is 1300. The van der Waals surface area contributed by atoms with Gasteiger partial charge in [0.05, 0.1) is 18.2 Å². The number of ether oxygens (including phenoxy) is 2. The van der Waals surface area contributed by atoms with Gasteiger partial charge in [-0.2, -0.15) is 0 Å². The molecule has 1 saturated heterocycles. The van der Waals surface area contributed by atoms with Crippen molar-refractivity contribution in [3.63, 3.8) is 0 Å².